The largest absolute Gasteiger partial charge is 0.476 e. The van der Waals surface area contributed by atoms with Gasteiger partial charge in [-0.05, 0) is 39.8 Å². The number of amides is 1. The predicted molar refractivity (Wildman–Crippen MR) is 83.3 cm³/mol. The third-order valence-electron chi connectivity index (χ3n) is 3.31. The summed E-state index contributed by atoms with van der Waals surface area (Å²) in [4.78, 5) is 23.6. The minimum atomic E-state index is -1.19. The van der Waals surface area contributed by atoms with Gasteiger partial charge in [0.05, 0.1) is 11.1 Å². The van der Waals surface area contributed by atoms with Crippen molar-refractivity contribution >= 4 is 17.7 Å². The maximum atomic E-state index is 13.7. The first-order chi connectivity index (χ1) is 10.6. The number of nitrogens with one attached hydrogen (secondary N) is 1. The molecule has 0 fully saturated rings. The molecule has 2 aromatic rings. The molecule has 0 unspecified atom stereocenters. The molecule has 0 aliphatic carbocycles. The number of carboxylic acids is 1. The van der Waals surface area contributed by atoms with Gasteiger partial charge < -0.3 is 10.4 Å². The summed E-state index contributed by atoms with van der Waals surface area (Å²) in [6, 6.07) is 5.58. The highest BCUT2D eigenvalue weighted by molar-refractivity contribution is 6.05. The van der Waals surface area contributed by atoms with E-state index in [0.29, 0.717) is 5.56 Å². The molecule has 0 aliphatic heterocycles. The summed E-state index contributed by atoms with van der Waals surface area (Å²) in [6.45, 7) is 7.02. The van der Waals surface area contributed by atoms with Crippen LogP contribution in [0.15, 0.2) is 24.3 Å². The lowest BCUT2D eigenvalue weighted by atomic mass is 10.1. The lowest BCUT2D eigenvalue weighted by Gasteiger charge is -2.22. The number of carbonyl (C=O) groups excluding carboxylic acids is 1. The normalized spacial score (nSPS) is 11.3. The standard InChI is InChI=1S/C16H18FN3O3/c1-9-12(15(22)23)19-20(16(2,3)4)13(9)18-14(21)10-7-5-6-8-11(10)17/h5-8H,1-4H3,(H,18,21)(H,22,23). The van der Waals surface area contributed by atoms with Crippen LogP contribution in [0.3, 0.4) is 0 Å². The second kappa shape index (κ2) is 5.83. The number of carboxylic acid groups (broad SMARTS) is 1. The van der Waals surface area contributed by atoms with Crippen molar-refractivity contribution < 1.29 is 19.1 Å². The van der Waals surface area contributed by atoms with E-state index in [1.165, 1.54) is 22.9 Å². The number of anilines is 1. The van der Waals surface area contributed by atoms with Gasteiger partial charge in [-0.15, -0.1) is 0 Å². The van der Waals surface area contributed by atoms with Crippen molar-refractivity contribution in [3.8, 4) is 0 Å². The van der Waals surface area contributed by atoms with E-state index in [1.807, 2.05) is 20.8 Å². The Hall–Kier alpha value is -2.70. The van der Waals surface area contributed by atoms with Crippen LogP contribution in [0.4, 0.5) is 10.2 Å². The van der Waals surface area contributed by atoms with Crippen molar-refractivity contribution in [3.63, 3.8) is 0 Å². The van der Waals surface area contributed by atoms with Gasteiger partial charge in [0.15, 0.2) is 5.69 Å². The number of nitrogens with zero attached hydrogens (tertiary/aromatic N) is 2. The summed E-state index contributed by atoms with van der Waals surface area (Å²) >= 11 is 0. The minimum Gasteiger partial charge on any atom is -0.476 e. The van der Waals surface area contributed by atoms with Gasteiger partial charge in [0.25, 0.3) is 5.91 Å². The summed E-state index contributed by atoms with van der Waals surface area (Å²) in [6.07, 6.45) is 0. The summed E-state index contributed by atoms with van der Waals surface area (Å²) in [5.74, 6) is -2.26. The molecule has 0 radical (unpaired) electrons. The minimum absolute atomic E-state index is 0.120. The lowest BCUT2D eigenvalue weighted by molar-refractivity contribution is 0.0687. The molecule has 0 aliphatic rings. The third kappa shape index (κ3) is 3.23. The van der Waals surface area contributed by atoms with E-state index in [9.17, 15) is 19.1 Å². The Balaban J connectivity index is 2.49. The monoisotopic (exact) mass is 319 g/mol. The highest BCUT2D eigenvalue weighted by Crippen LogP contribution is 2.27. The Morgan fingerprint density at radius 2 is 1.87 bits per heavy atom. The van der Waals surface area contributed by atoms with E-state index < -0.39 is 23.2 Å². The molecule has 23 heavy (non-hydrogen) atoms. The molecule has 0 atom stereocenters. The first-order valence-corrected chi connectivity index (χ1v) is 7.02. The third-order valence-corrected chi connectivity index (χ3v) is 3.31. The Bertz CT molecular complexity index is 775. The molecule has 0 saturated heterocycles. The number of benzene rings is 1. The Morgan fingerprint density at radius 3 is 2.39 bits per heavy atom. The van der Waals surface area contributed by atoms with Gasteiger partial charge in [-0.25, -0.2) is 13.9 Å². The Morgan fingerprint density at radius 1 is 1.26 bits per heavy atom. The number of hydrogen-bond acceptors (Lipinski definition) is 3. The van der Waals surface area contributed by atoms with Crippen molar-refractivity contribution in [1.82, 2.24) is 9.78 Å². The second-order valence-electron chi connectivity index (χ2n) is 6.14. The molecule has 1 heterocycles. The zero-order valence-electron chi connectivity index (χ0n) is 13.3. The molecular weight excluding hydrogens is 301 g/mol. The van der Waals surface area contributed by atoms with Crippen LogP contribution < -0.4 is 5.32 Å². The molecule has 122 valence electrons. The average molecular weight is 319 g/mol. The fourth-order valence-electron chi connectivity index (χ4n) is 2.15. The van der Waals surface area contributed by atoms with Crippen LogP contribution in [-0.4, -0.2) is 26.8 Å². The molecular formula is C16H18FN3O3. The van der Waals surface area contributed by atoms with Crippen molar-refractivity contribution in [2.24, 2.45) is 0 Å². The number of aromatic carboxylic acids is 1. The van der Waals surface area contributed by atoms with Crippen LogP contribution in [0.1, 0.15) is 47.2 Å². The van der Waals surface area contributed by atoms with Gasteiger partial charge in [0, 0.05) is 5.56 Å². The van der Waals surface area contributed by atoms with E-state index in [2.05, 4.69) is 10.4 Å². The number of rotatable bonds is 3. The van der Waals surface area contributed by atoms with Crippen molar-refractivity contribution in [2.45, 2.75) is 33.2 Å². The van der Waals surface area contributed by atoms with E-state index in [0.717, 1.165) is 0 Å². The molecule has 1 aromatic carbocycles. The van der Waals surface area contributed by atoms with Gasteiger partial charge >= 0.3 is 5.97 Å². The molecule has 0 saturated carbocycles. The van der Waals surface area contributed by atoms with Crippen molar-refractivity contribution in [2.75, 3.05) is 5.32 Å². The molecule has 2 rings (SSSR count). The SMILES string of the molecule is Cc1c(C(=O)O)nn(C(C)(C)C)c1NC(=O)c1ccccc1F. The molecule has 1 amide bonds. The van der Waals surface area contributed by atoms with Crippen LogP contribution in [0.2, 0.25) is 0 Å². The lowest BCUT2D eigenvalue weighted by Crippen LogP contribution is -2.27. The van der Waals surface area contributed by atoms with E-state index in [4.69, 9.17) is 0 Å². The molecule has 2 N–H and O–H groups in total. The molecule has 0 spiro atoms. The number of carbonyl (C=O) groups is 2. The van der Waals surface area contributed by atoms with Gasteiger partial charge in [-0.3, -0.25) is 4.79 Å². The zero-order valence-corrected chi connectivity index (χ0v) is 13.3. The smallest absolute Gasteiger partial charge is 0.356 e. The Labute approximate surface area is 132 Å². The van der Waals surface area contributed by atoms with E-state index in [1.54, 1.807) is 13.0 Å². The first kappa shape index (κ1) is 16.7. The fraction of sp³-hybridized carbons (Fsp3) is 0.312. The number of hydrogen-bond donors (Lipinski definition) is 2. The van der Waals surface area contributed by atoms with Crippen LogP contribution in [-0.2, 0) is 5.54 Å². The number of halogens is 1. The van der Waals surface area contributed by atoms with Gasteiger partial charge in [0.2, 0.25) is 0 Å². The topological polar surface area (TPSA) is 84.2 Å². The zero-order chi connectivity index (χ0) is 17.4. The van der Waals surface area contributed by atoms with Crippen LogP contribution in [0.25, 0.3) is 0 Å². The number of aromatic nitrogens is 2. The molecule has 6 nitrogen and oxygen atoms in total. The fourth-order valence-corrected chi connectivity index (χ4v) is 2.15. The van der Waals surface area contributed by atoms with Gasteiger partial charge in [0.1, 0.15) is 11.6 Å². The van der Waals surface area contributed by atoms with Crippen LogP contribution >= 0.6 is 0 Å². The van der Waals surface area contributed by atoms with Gasteiger partial charge in [-0.1, -0.05) is 12.1 Å². The van der Waals surface area contributed by atoms with Crippen LogP contribution in [0, 0.1) is 12.7 Å². The van der Waals surface area contributed by atoms with E-state index >= 15 is 0 Å². The van der Waals surface area contributed by atoms with Crippen molar-refractivity contribution in [3.05, 3.63) is 46.9 Å². The summed E-state index contributed by atoms with van der Waals surface area (Å²) in [5, 5.41) is 15.9. The quantitative estimate of drug-likeness (QED) is 0.910. The average Bonchev–Trinajstić information content (AvgIpc) is 2.76. The Kier molecular flexibility index (Phi) is 4.22. The predicted octanol–water partition coefficient (Wildman–Crippen LogP) is 3.04. The molecule has 1 aromatic heterocycles. The summed E-state index contributed by atoms with van der Waals surface area (Å²) in [7, 11) is 0. The molecule has 0 bridgehead atoms. The maximum Gasteiger partial charge on any atom is 0.356 e. The summed E-state index contributed by atoms with van der Waals surface area (Å²) in [5.41, 5.74) is -0.512. The highest BCUT2D eigenvalue weighted by Gasteiger charge is 2.27. The highest BCUT2D eigenvalue weighted by atomic mass is 19.1. The summed E-state index contributed by atoms with van der Waals surface area (Å²) < 4.78 is 15.2. The van der Waals surface area contributed by atoms with Gasteiger partial charge in [-0.2, -0.15) is 5.10 Å². The van der Waals surface area contributed by atoms with Crippen molar-refractivity contribution in [1.29, 1.82) is 0 Å². The van der Waals surface area contributed by atoms with E-state index in [-0.39, 0.29) is 17.1 Å². The molecule has 7 heteroatoms. The first-order valence-electron chi connectivity index (χ1n) is 7.02. The van der Waals surface area contributed by atoms with Crippen LogP contribution in [0.5, 0.6) is 0 Å². The maximum absolute atomic E-state index is 13.7. The second-order valence-corrected chi connectivity index (χ2v) is 6.14.